The number of rotatable bonds is 8. The topological polar surface area (TPSA) is 88.6 Å². The summed E-state index contributed by atoms with van der Waals surface area (Å²) in [5.74, 6) is 1.05. The summed E-state index contributed by atoms with van der Waals surface area (Å²) in [5, 5.41) is 6.96. The highest BCUT2D eigenvalue weighted by atomic mass is 19.1. The van der Waals surface area contributed by atoms with Gasteiger partial charge in [0, 0.05) is 50.0 Å². The number of nitrogens with one attached hydrogen (secondary N) is 2. The third-order valence-electron chi connectivity index (χ3n) is 8.59. The lowest BCUT2D eigenvalue weighted by molar-refractivity contribution is -0.114. The van der Waals surface area contributed by atoms with Crippen LogP contribution < -0.4 is 15.4 Å². The van der Waals surface area contributed by atoms with Gasteiger partial charge in [-0.15, -0.1) is 0 Å². The molecule has 0 unspecified atom stereocenters. The van der Waals surface area contributed by atoms with Crippen molar-refractivity contribution < 1.29 is 18.7 Å². The minimum Gasteiger partial charge on any atom is -0.491 e. The van der Waals surface area contributed by atoms with Gasteiger partial charge in [0.2, 0.25) is 5.91 Å². The highest BCUT2D eigenvalue weighted by molar-refractivity contribution is 5.92. The van der Waals surface area contributed by atoms with Gasteiger partial charge in [-0.05, 0) is 85.7 Å². The molecule has 1 saturated heterocycles. The van der Waals surface area contributed by atoms with Crippen LogP contribution in [0.3, 0.4) is 0 Å². The van der Waals surface area contributed by atoms with Crippen LogP contribution in [0.15, 0.2) is 60.7 Å². The zero-order valence-electron chi connectivity index (χ0n) is 24.2. The largest absolute Gasteiger partial charge is 0.491 e. The van der Waals surface area contributed by atoms with Crippen molar-refractivity contribution in [3.8, 4) is 5.75 Å². The van der Waals surface area contributed by atoms with E-state index >= 15 is 0 Å². The van der Waals surface area contributed by atoms with Gasteiger partial charge in [0.25, 0.3) is 0 Å². The van der Waals surface area contributed by atoms with Crippen LogP contribution in [0.5, 0.6) is 5.75 Å². The average molecular weight is 570 g/mol. The van der Waals surface area contributed by atoms with Crippen molar-refractivity contribution in [3.05, 3.63) is 83.4 Å². The number of amides is 1. The Labute approximate surface area is 245 Å². The van der Waals surface area contributed by atoms with E-state index in [0.29, 0.717) is 29.1 Å². The second kappa shape index (κ2) is 11.7. The van der Waals surface area contributed by atoms with Gasteiger partial charge in [-0.1, -0.05) is 24.3 Å². The Morgan fingerprint density at radius 3 is 2.48 bits per heavy atom. The maximum absolute atomic E-state index is 14.7. The van der Waals surface area contributed by atoms with Gasteiger partial charge in [0.05, 0.1) is 5.52 Å². The van der Waals surface area contributed by atoms with Crippen molar-refractivity contribution in [3.63, 3.8) is 0 Å². The van der Waals surface area contributed by atoms with Crippen LogP contribution >= 0.6 is 0 Å². The Morgan fingerprint density at radius 1 is 1.05 bits per heavy atom. The molecule has 2 N–H and O–H groups in total. The monoisotopic (exact) mass is 569 g/mol. The summed E-state index contributed by atoms with van der Waals surface area (Å²) in [7, 11) is 3.84. The molecule has 0 radical (unpaired) electrons. The van der Waals surface area contributed by atoms with E-state index in [1.165, 1.54) is 18.1 Å². The van der Waals surface area contributed by atoms with Gasteiger partial charge in [-0.25, -0.2) is 4.98 Å². The molecule has 0 atom stereocenters. The van der Waals surface area contributed by atoms with Crippen LogP contribution in [0.25, 0.3) is 10.9 Å². The van der Waals surface area contributed by atoms with E-state index in [4.69, 9.17) is 9.47 Å². The highest BCUT2D eigenvalue weighted by Crippen LogP contribution is 2.39. The molecule has 0 saturated carbocycles. The molecule has 4 aromatic rings. The number of piperidine rings is 1. The predicted octanol–water partition coefficient (Wildman–Crippen LogP) is 5.84. The molecule has 1 aliphatic heterocycles. The second-order valence-corrected chi connectivity index (χ2v) is 11.5. The second-order valence-electron chi connectivity index (χ2n) is 11.5. The summed E-state index contributed by atoms with van der Waals surface area (Å²) >= 11 is 0. The van der Waals surface area contributed by atoms with Gasteiger partial charge in [0.15, 0.2) is 0 Å². The molecule has 0 spiro atoms. The molecular formula is C33H36FN5O3. The molecule has 218 valence electrons. The number of aromatic nitrogens is 2. The van der Waals surface area contributed by atoms with Gasteiger partial charge >= 0.3 is 6.08 Å². The summed E-state index contributed by atoms with van der Waals surface area (Å²) in [6.45, 7) is 3.82. The Bertz CT molecular complexity index is 1590. The fourth-order valence-electron chi connectivity index (χ4n) is 6.11. The number of fused-ring (bicyclic) bond motifs is 2. The smallest absolute Gasteiger partial charge is 0.311 e. The number of halogens is 1. The van der Waals surface area contributed by atoms with Crippen molar-refractivity contribution in [1.29, 1.82) is 0 Å². The standard InChI is InChI=1S/C33H36FN5O3/c1-21(40)35-29-11-8-25(18-28(29)24-16-22-6-4-5-7-23(22)17-24)36-31-27-10-9-26(19-30(27)37-32(34)38-31)42-20-33(41-3)12-14-39(2)15-13-33/h4-11,18-19,24H,12-17,20H2,1-3H3,(H,35,40)(H,36,37,38). The number of hydrogen-bond donors (Lipinski definition) is 2. The fourth-order valence-corrected chi connectivity index (χ4v) is 6.11. The van der Waals surface area contributed by atoms with Crippen LogP contribution in [-0.2, 0) is 22.4 Å². The first-order chi connectivity index (χ1) is 20.3. The number of anilines is 3. The molecule has 3 aromatic carbocycles. The van der Waals surface area contributed by atoms with Crippen molar-refractivity contribution in [2.45, 2.75) is 44.1 Å². The molecule has 1 aromatic heterocycles. The lowest BCUT2D eigenvalue weighted by Gasteiger charge is -2.39. The van der Waals surface area contributed by atoms with E-state index < -0.39 is 6.08 Å². The molecule has 1 amide bonds. The summed E-state index contributed by atoms with van der Waals surface area (Å²) in [6.07, 6.45) is 2.72. The van der Waals surface area contributed by atoms with Gasteiger partial charge in [-0.2, -0.15) is 9.37 Å². The summed E-state index contributed by atoms with van der Waals surface area (Å²) < 4.78 is 26.7. The van der Waals surface area contributed by atoms with E-state index in [-0.39, 0.29) is 17.4 Å². The van der Waals surface area contributed by atoms with Crippen LogP contribution in [0.2, 0.25) is 0 Å². The molecule has 8 nitrogen and oxygen atoms in total. The molecule has 6 rings (SSSR count). The summed E-state index contributed by atoms with van der Waals surface area (Å²) in [5.41, 5.74) is 5.31. The maximum atomic E-state index is 14.7. The van der Waals surface area contributed by atoms with Crippen LogP contribution in [-0.4, -0.2) is 60.2 Å². The average Bonchev–Trinajstić information content (AvgIpc) is 3.42. The molecule has 42 heavy (non-hydrogen) atoms. The van der Waals surface area contributed by atoms with Crippen molar-refractivity contribution in [2.75, 3.05) is 44.5 Å². The Kier molecular flexibility index (Phi) is 7.79. The summed E-state index contributed by atoms with van der Waals surface area (Å²) in [6, 6.07) is 19.7. The Hall–Kier alpha value is -4.08. The minimum atomic E-state index is -0.827. The van der Waals surface area contributed by atoms with Crippen LogP contribution in [0.1, 0.15) is 42.4 Å². The van der Waals surface area contributed by atoms with Crippen molar-refractivity contribution >= 4 is 34.0 Å². The Morgan fingerprint density at radius 2 is 1.79 bits per heavy atom. The fraction of sp³-hybridized carbons (Fsp3) is 0.364. The summed E-state index contributed by atoms with van der Waals surface area (Å²) in [4.78, 5) is 22.4. The third kappa shape index (κ3) is 5.93. The number of methoxy groups -OCH3 is 1. The quantitative estimate of drug-likeness (QED) is 0.258. The molecule has 1 fully saturated rings. The third-order valence-corrected chi connectivity index (χ3v) is 8.59. The van der Waals surface area contributed by atoms with E-state index in [9.17, 15) is 9.18 Å². The predicted molar refractivity (Wildman–Crippen MR) is 162 cm³/mol. The number of carbonyl (C=O) groups excluding carboxylic acids is 1. The molecule has 0 bridgehead atoms. The lowest BCUT2D eigenvalue weighted by atomic mass is 9.92. The van der Waals surface area contributed by atoms with E-state index in [1.807, 2.05) is 30.3 Å². The van der Waals surface area contributed by atoms with Gasteiger partial charge in [-0.3, -0.25) is 4.79 Å². The van der Waals surface area contributed by atoms with E-state index in [1.54, 1.807) is 13.2 Å². The Balaban J connectivity index is 1.25. The van der Waals surface area contributed by atoms with Gasteiger partial charge < -0.3 is 25.0 Å². The molecule has 2 aliphatic rings. The highest BCUT2D eigenvalue weighted by Gasteiger charge is 2.34. The number of carbonyl (C=O) groups is 1. The first kappa shape index (κ1) is 28.1. The van der Waals surface area contributed by atoms with Crippen molar-refractivity contribution in [1.82, 2.24) is 14.9 Å². The zero-order valence-corrected chi connectivity index (χ0v) is 24.2. The molecule has 9 heteroatoms. The molecule has 2 heterocycles. The first-order valence-electron chi connectivity index (χ1n) is 14.4. The van der Waals surface area contributed by atoms with Crippen molar-refractivity contribution in [2.24, 2.45) is 0 Å². The van der Waals surface area contributed by atoms with Gasteiger partial charge in [0.1, 0.15) is 23.8 Å². The van der Waals surface area contributed by atoms with E-state index in [2.05, 4.69) is 56.8 Å². The first-order valence-corrected chi connectivity index (χ1v) is 14.4. The molecule has 1 aliphatic carbocycles. The molecular weight excluding hydrogens is 533 g/mol. The van der Waals surface area contributed by atoms with E-state index in [0.717, 1.165) is 55.7 Å². The minimum absolute atomic E-state index is 0.124. The maximum Gasteiger partial charge on any atom is 0.311 e. The van der Waals surface area contributed by atoms with Crippen LogP contribution in [0.4, 0.5) is 21.6 Å². The number of benzene rings is 3. The SMILES string of the molecule is COC1(COc2ccc3c(Nc4ccc(NC(C)=O)c(C5Cc6ccccc6C5)c4)nc(F)nc3c2)CCN(C)CC1. The normalized spacial score (nSPS) is 16.8. The van der Waals surface area contributed by atoms with Crippen LogP contribution in [0, 0.1) is 6.08 Å². The zero-order chi connectivity index (χ0) is 29.3. The lowest BCUT2D eigenvalue weighted by Crippen LogP contribution is -2.48. The number of ether oxygens (including phenoxy) is 2. The number of nitrogens with zero attached hydrogens (tertiary/aromatic N) is 3. The number of hydrogen-bond acceptors (Lipinski definition) is 7. The number of likely N-dealkylation sites (tertiary alicyclic amines) is 1.